The van der Waals surface area contributed by atoms with Gasteiger partial charge in [0.2, 0.25) is 0 Å². The molecule has 80 valence electrons. The molecule has 3 nitrogen and oxygen atoms in total. The van der Waals surface area contributed by atoms with Crippen LogP contribution >= 0.6 is 0 Å². The van der Waals surface area contributed by atoms with Crippen molar-refractivity contribution in [3.8, 4) is 0 Å². The minimum atomic E-state index is 0.440. The molecule has 0 radical (unpaired) electrons. The molecule has 3 unspecified atom stereocenters. The zero-order valence-electron chi connectivity index (χ0n) is 9.15. The molecule has 14 heavy (non-hydrogen) atoms. The third kappa shape index (κ3) is 1.78. The average Bonchev–Trinajstić information content (AvgIpc) is 2.61. The third-order valence-electron chi connectivity index (χ3n) is 3.38. The predicted octanol–water partition coefficient (Wildman–Crippen LogP) is 1.68. The van der Waals surface area contributed by atoms with Crippen LogP contribution in [0.4, 0.5) is 0 Å². The number of aliphatic imine (C=N–C) groups is 1. The van der Waals surface area contributed by atoms with Crippen molar-refractivity contribution in [2.75, 3.05) is 13.7 Å². The van der Waals surface area contributed by atoms with Gasteiger partial charge in [-0.1, -0.05) is 6.92 Å². The maximum Gasteiger partial charge on any atom is 0.0857 e. The standard InChI is InChI=1S/C11H20N2O/c1-3-6-13-8-12-10-7-9(14-2)4-5-11(10)13/h8-11H,3-7H2,1-2H3. The van der Waals surface area contributed by atoms with E-state index in [1.807, 2.05) is 7.11 Å². The normalized spacial score (nSPS) is 36.1. The SMILES string of the molecule is CCCN1C=NC2CC(OC)CCC21. The number of nitrogens with zero attached hydrogens (tertiary/aromatic N) is 2. The predicted molar refractivity (Wildman–Crippen MR) is 57.7 cm³/mol. The molecule has 0 aromatic rings. The minimum Gasteiger partial charge on any atom is -0.381 e. The van der Waals surface area contributed by atoms with Gasteiger partial charge in [0.1, 0.15) is 0 Å². The molecule has 0 amide bonds. The van der Waals surface area contributed by atoms with E-state index in [2.05, 4.69) is 23.2 Å². The van der Waals surface area contributed by atoms with Crippen LogP contribution in [-0.2, 0) is 4.74 Å². The molecule has 2 aliphatic rings. The second-order valence-corrected chi connectivity index (χ2v) is 4.31. The van der Waals surface area contributed by atoms with Crippen LogP contribution in [0.25, 0.3) is 0 Å². The summed E-state index contributed by atoms with van der Waals surface area (Å²) in [5.41, 5.74) is 0. The van der Waals surface area contributed by atoms with Gasteiger partial charge in [-0.05, 0) is 25.7 Å². The fraction of sp³-hybridized carbons (Fsp3) is 0.909. The Kier molecular flexibility index (Phi) is 3.06. The molecule has 1 aliphatic heterocycles. The molecular formula is C11H20N2O. The number of hydrogen-bond acceptors (Lipinski definition) is 3. The highest BCUT2D eigenvalue weighted by Gasteiger charge is 2.36. The topological polar surface area (TPSA) is 24.8 Å². The second kappa shape index (κ2) is 4.30. The molecule has 0 bridgehead atoms. The molecule has 0 aromatic heterocycles. The van der Waals surface area contributed by atoms with E-state index < -0.39 is 0 Å². The van der Waals surface area contributed by atoms with Crippen molar-refractivity contribution in [2.24, 2.45) is 4.99 Å². The van der Waals surface area contributed by atoms with Crippen molar-refractivity contribution in [1.82, 2.24) is 4.90 Å². The van der Waals surface area contributed by atoms with Crippen LogP contribution in [0.5, 0.6) is 0 Å². The summed E-state index contributed by atoms with van der Waals surface area (Å²) in [4.78, 5) is 6.99. The molecule has 1 saturated carbocycles. The van der Waals surface area contributed by atoms with Crippen LogP contribution in [0.3, 0.4) is 0 Å². The first kappa shape index (κ1) is 9.97. The summed E-state index contributed by atoms with van der Waals surface area (Å²) < 4.78 is 5.40. The molecule has 0 aromatic carbocycles. The summed E-state index contributed by atoms with van der Waals surface area (Å²) in [6.07, 6.45) is 7.25. The molecule has 3 heteroatoms. The summed E-state index contributed by atoms with van der Waals surface area (Å²) in [7, 11) is 1.81. The molecule has 0 N–H and O–H groups in total. The van der Waals surface area contributed by atoms with Gasteiger partial charge in [0, 0.05) is 13.7 Å². The third-order valence-corrected chi connectivity index (χ3v) is 3.38. The number of hydrogen-bond donors (Lipinski definition) is 0. The largest absolute Gasteiger partial charge is 0.381 e. The van der Waals surface area contributed by atoms with Crippen LogP contribution in [-0.4, -0.2) is 43.1 Å². The van der Waals surface area contributed by atoms with Crippen LogP contribution in [0.15, 0.2) is 4.99 Å². The lowest BCUT2D eigenvalue weighted by atomic mass is 9.88. The number of methoxy groups -OCH3 is 1. The Bertz CT molecular complexity index is 217. The highest BCUT2D eigenvalue weighted by molar-refractivity contribution is 5.59. The number of ether oxygens (including phenoxy) is 1. The molecule has 3 atom stereocenters. The Balaban J connectivity index is 1.93. The van der Waals surface area contributed by atoms with Gasteiger partial charge in [-0.15, -0.1) is 0 Å². The van der Waals surface area contributed by atoms with Gasteiger partial charge in [0.25, 0.3) is 0 Å². The van der Waals surface area contributed by atoms with E-state index in [9.17, 15) is 0 Å². The van der Waals surface area contributed by atoms with Crippen molar-refractivity contribution in [1.29, 1.82) is 0 Å². The quantitative estimate of drug-likeness (QED) is 0.686. The molecule has 0 saturated heterocycles. The maximum absolute atomic E-state index is 5.40. The zero-order chi connectivity index (χ0) is 9.97. The van der Waals surface area contributed by atoms with E-state index in [1.165, 1.54) is 19.3 Å². The smallest absolute Gasteiger partial charge is 0.0857 e. The minimum absolute atomic E-state index is 0.440. The Hall–Kier alpha value is -0.570. The summed E-state index contributed by atoms with van der Waals surface area (Å²) in [5, 5.41) is 0. The van der Waals surface area contributed by atoms with E-state index in [0.717, 1.165) is 13.0 Å². The van der Waals surface area contributed by atoms with E-state index in [-0.39, 0.29) is 0 Å². The second-order valence-electron chi connectivity index (χ2n) is 4.31. The fourth-order valence-corrected chi connectivity index (χ4v) is 2.59. The highest BCUT2D eigenvalue weighted by Crippen LogP contribution is 2.30. The van der Waals surface area contributed by atoms with Crippen molar-refractivity contribution < 1.29 is 4.74 Å². The average molecular weight is 196 g/mol. The molecule has 1 heterocycles. The lowest BCUT2D eigenvalue weighted by Crippen LogP contribution is -2.42. The summed E-state index contributed by atoms with van der Waals surface area (Å²) in [5.74, 6) is 0. The van der Waals surface area contributed by atoms with Crippen molar-refractivity contribution in [3.63, 3.8) is 0 Å². The Morgan fingerprint density at radius 2 is 2.36 bits per heavy atom. The molecule has 1 fully saturated rings. The summed E-state index contributed by atoms with van der Waals surface area (Å²) in [6.45, 7) is 3.38. The van der Waals surface area contributed by atoms with Gasteiger partial charge in [0.05, 0.1) is 24.5 Å². The van der Waals surface area contributed by atoms with Crippen molar-refractivity contribution in [2.45, 2.75) is 50.8 Å². The highest BCUT2D eigenvalue weighted by atomic mass is 16.5. The van der Waals surface area contributed by atoms with Crippen molar-refractivity contribution in [3.05, 3.63) is 0 Å². The van der Waals surface area contributed by atoms with Gasteiger partial charge in [-0.3, -0.25) is 4.99 Å². The first-order valence-corrected chi connectivity index (χ1v) is 5.67. The van der Waals surface area contributed by atoms with E-state index in [0.29, 0.717) is 18.2 Å². The van der Waals surface area contributed by atoms with Crippen LogP contribution in [0.2, 0.25) is 0 Å². The lowest BCUT2D eigenvalue weighted by molar-refractivity contribution is 0.0480. The van der Waals surface area contributed by atoms with Gasteiger partial charge >= 0.3 is 0 Å². The van der Waals surface area contributed by atoms with Gasteiger partial charge < -0.3 is 9.64 Å². The molecule has 2 rings (SSSR count). The lowest BCUT2D eigenvalue weighted by Gasteiger charge is -2.34. The molecular weight excluding hydrogens is 176 g/mol. The monoisotopic (exact) mass is 196 g/mol. The molecule has 1 aliphatic carbocycles. The fourth-order valence-electron chi connectivity index (χ4n) is 2.59. The van der Waals surface area contributed by atoms with Gasteiger partial charge in [-0.2, -0.15) is 0 Å². The summed E-state index contributed by atoms with van der Waals surface area (Å²) in [6, 6.07) is 1.17. The van der Waals surface area contributed by atoms with Crippen molar-refractivity contribution >= 4 is 6.34 Å². The van der Waals surface area contributed by atoms with Crippen LogP contribution in [0, 0.1) is 0 Å². The first-order chi connectivity index (χ1) is 6.85. The van der Waals surface area contributed by atoms with Crippen LogP contribution < -0.4 is 0 Å². The summed E-state index contributed by atoms with van der Waals surface area (Å²) >= 11 is 0. The Labute approximate surface area is 86.1 Å². The van der Waals surface area contributed by atoms with Gasteiger partial charge in [-0.25, -0.2) is 0 Å². The van der Waals surface area contributed by atoms with E-state index >= 15 is 0 Å². The number of rotatable bonds is 3. The van der Waals surface area contributed by atoms with E-state index in [4.69, 9.17) is 4.74 Å². The van der Waals surface area contributed by atoms with Gasteiger partial charge in [0.15, 0.2) is 0 Å². The van der Waals surface area contributed by atoms with Crippen LogP contribution in [0.1, 0.15) is 32.6 Å². The zero-order valence-corrected chi connectivity index (χ0v) is 9.15. The Morgan fingerprint density at radius 1 is 1.50 bits per heavy atom. The maximum atomic E-state index is 5.40. The molecule has 0 spiro atoms. The number of fused-ring (bicyclic) bond motifs is 1. The van der Waals surface area contributed by atoms with E-state index in [1.54, 1.807) is 0 Å². The Morgan fingerprint density at radius 3 is 3.07 bits per heavy atom. The first-order valence-electron chi connectivity index (χ1n) is 5.67.